The fraction of sp³-hybridized carbons (Fsp3) is 0.538. The van der Waals surface area contributed by atoms with E-state index in [1.165, 1.54) is 64.2 Å². The molecule has 564 valence electrons. The number of phosphoric acid groups is 1. The zero-order valence-corrected chi connectivity index (χ0v) is 64.4. The summed E-state index contributed by atoms with van der Waals surface area (Å²) in [6.45, 7) is 3.47. The van der Waals surface area contributed by atoms with Gasteiger partial charge >= 0.3 is 19.8 Å². The van der Waals surface area contributed by atoms with Gasteiger partial charge in [-0.2, -0.15) is 0 Å². The Bertz CT molecular complexity index is 2570. The summed E-state index contributed by atoms with van der Waals surface area (Å²) >= 11 is 0. The Morgan fingerprint density at radius 3 is 0.762 bits per heavy atom. The molecule has 2 unspecified atom stereocenters. The Morgan fingerprint density at radius 2 is 0.515 bits per heavy atom. The van der Waals surface area contributed by atoms with Gasteiger partial charge in [-0.05, 0) is 167 Å². The highest BCUT2D eigenvalue weighted by molar-refractivity contribution is 7.47. The van der Waals surface area contributed by atoms with Crippen molar-refractivity contribution in [2.75, 3.05) is 26.4 Å². The van der Waals surface area contributed by atoms with Gasteiger partial charge in [0.25, 0.3) is 0 Å². The second-order valence-corrected chi connectivity index (χ2v) is 26.6. The van der Waals surface area contributed by atoms with Gasteiger partial charge in [0.1, 0.15) is 6.61 Å². The minimum absolute atomic E-state index is 0.0382. The van der Waals surface area contributed by atoms with Gasteiger partial charge in [0.2, 0.25) is 0 Å². The maximum Gasteiger partial charge on any atom is 0.472 e. The van der Waals surface area contributed by atoms with E-state index in [1.54, 1.807) is 0 Å². The Hall–Kier alpha value is -6.19. The average molecular weight is 1410 g/mol. The number of phosphoric ester groups is 1. The van der Waals surface area contributed by atoms with Crippen molar-refractivity contribution in [3.8, 4) is 0 Å². The second kappa shape index (κ2) is 82.8. The van der Waals surface area contributed by atoms with E-state index in [2.05, 4.69) is 257 Å². The number of esters is 2. The number of hydrogen-bond acceptors (Lipinski definition) is 8. The van der Waals surface area contributed by atoms with Gasteiger partial charge < -0.3 is 20.1 Å². The van der Waals surface area contributed by atoms with Crippen molar-refractivity contribution in [1.29, 1.82) is 0 Å². The van der Waals surface area contributed by atoms with E-state index >= 15 is 0 Å². The monoisotopic (exact) mass is 1410 g/mol. The second-order valence-electron chi connectivity index (χ2n) is 25.1. The van der Waals surface area contributed by atoms with Crippen LogP contribution in [0.2, 0.25) is 0 Å². The van der Waals surface area contributed by atoms with Crippen LogP contribution in [0.5, 0.6) is 0 Å². The molecule has 2 atom stereocenters. The van der Waals surface area contributed by atoms with Crippen molar-refractivity contribution in [3.05, 3.63) is 243 Å². The van der Waals surface area contributed by atoms with Gasteiger partial charge in [-0.15, -0.1) is 0 Å². The Morgan fingerprint density at radius 1 is 0.297 bits per heavy atom. The number of rotatable bonds is 71. The Kier molecular flexibility index (Phi) is 77.7. The first-order chi connectivity index (χ1) is 49.8. The predicted octanol–water partition coefficient (Wildman–Crippen LogP) is 27.1. The molecule has 0 rings (SSSR count). The lowest BCUT2D eigenvalue weighted by atomic mass is 10.0. The minimum Gasteiger partial charge on any atom is -0.462 e. The lowest BCUT2D eigenvalue weighted by molar-refractivity contribution is -0.161. The van der Waals surface area contributed by atoms with Crippen LogP contribution < -0.4 is 5.73 Å². The predicted molar refractivity (Wildman–Crippen MR) is 440 cm³/mol. The SMILES string of the molecule is CC/C=C\C/C=C\C/C=C\C/C=C\C/C=C\C/C=C\C/C=C\C/C=C\C/C=C\C/C=C\C/C=C\CCCCCCCC(=O)OC(COC(=O)CCCCCCCCCCCCCCC/C=C\C/C=C\C/C=C\C/C=C\C/C=C\C/C=C\C/C=C\C/C=C\C/C=C\CC)COP(=O)(O)OCCN. The molecule has 0 bridgehead atoms. The molecule has 0 aromatic carbocycles. The highest BCUT2D eigenvalue weighted by atomic mass is 31.2. The number of carbonyl (C=O) groups excluding carboxylic acids is 2. The minimum atomic E-state index is -4.42. The number of carbonyl (C=O) groups is 2. The lowest BCUT2D eigenvalue weighted by Gasteiger charge is -2.19. The third-order valence-electron chi connectivity index (χ3n) is 15.7. The average Bonchev–Trinajstić information content (AvgIpc) is 1.01. The van der Waals surface area contributed by atoms with E-state index in [0.29, 0.717) is 6.42 Å². The summed E-state index contributed by atoms with van der Waals surface area (Å²) in [7, 11) is -4.42. The zero-order chi connectivity index (χ0) is 72.9. The smallest absolute Gasteiger partial charge is 0.462 e. The summed E-state index contributed by atoms with van der Waals surface area (Å²) in [5.41, 5.74) is 5.41. The van der Waals surface area contributed by atoms with Crippen LogP contribution in [0.15, 0.2) is 243 Å². The normalized spacial score (nSPS) is 14.2. The summed E-state index contributed by atoms with van der Waals surface area (Å²) in [6, 6.07) is 0. The molecule has 0 heterocycles. The van der Waals surface area contributed by atoms with Crippen LogP contribution in [0, 0.1) is 0 Å². The first-order valence-electron chi connectivity index (χ1n) is 39.5. The molecular formula is C91H142NO8P. The van der Waals surface area contributed by atoms with Crippen molar-refractivity contribution in [2.24, 2.45) is 5.73 Å². The molecule has 0 aliphatic heterocycles. The van der Waals surface area contributed by atoms with Gasteiger partial charge in [0.05, 0.1) is 13.2 Å². The van der Waals surface area contributed by atoms with Gasteiger partial charge in [0.15, 0.2) is 6.10 Å². The number of hydrogen-bond donors (Lipinski definition) is 2. The molecule has 0 saturated heterocycles. The van der Waals surface area contributed by atoms with Gasteiger partial charge in [-0.1, -0.05) is 347 Å². The van der Waals surface area contributed by atoms with Gasteiger partial charge in [0, 0.05) is 19.4 Å². The third kappa shape index (κ3) is 82.7. The van der Waals surface area contributed by atoms with Crippen molar-refractivity contribution in [1.82, 2.24) is 0 Å². The largest absolute Gasteiger partial charge is 0.472 e. The van der Waals surface area contributed by atoms with E-state index < -0.39 is 32.5 Å². The van der Waals surface area contributed by atoms with Gasteiger partial charge in [-0.25, -0.2) is 4.57 Å². The molecular weight excluding hydrogens is 1270 g/mol. The molecule has 0 aliphatic rings. The lowest BCUT2D eigenvalue weighted by Crippen LogP contribution is -2.29. The summed E-state index contributed by atoms with van der Waals surface area (Å²) in [6.07, 6.45) is 131. The number of ether oxygens (including phenoxy) is 2. The number of unbranched alkanes of at least 4 members (excludes halogenated alkanes) is 18. The van der Waals surface area contributed by atoms with Crippen LogP contribution in [0.4, 0.5) is 0 Å². The molecule has 0 amide bonds. The van der Waals surface area contributed by atoms with Crippen LogP contribution in [0.1, 0.15) is 284 Å². The molecule has 0 saturated carbocycles. The first-order valence-corrected chi connectivity index (χ1v) is 41.0. The Labute approximate surface area is 618 Å². The van der Waals surface area contributed by atoms with Crippen molar-refractivity contribution >= 4 is 19.8 Å². The number of nitrogens with two attached hydrogens (primary N) is 1. The van der Waals surface area contributed by atoms with Crippen molar-refractivity contribution in [2.45, 2.75) is 290 Å². The maximum absolute atomic E-state index is 12.8. The van der Waals surface area contributed by atoms with Crippen LogP contribution in [-0.2, 0) is 32.7 Å². The van der Waals surface area contributed by atoms with Crippen LogP contribution >= 0.6 is 7.82 Å². The van der Waals surface area contributed by atoms with Crippen LogP contribution in [0.25, 0.3) is 0 Å². The summed E-state index contributed by atoms with van der Waals surface area (Å²) in [5, 5.41) is 0. The summed E-state index contributed by atoms with van der Waals surface area (Å²) in [5.74, 6) is -0.865. The van der Waals surface area contributed by atoms with Crippen LogP contribution in [0.3, 0.4) is 0 Å². The standard InChI is InChI=1S/C91H142NO8P/c1-3-5-7-9-11-13-15-17-19-21-23-25-27-29-31-33-35-37-39-41-43-44-46-47-49-51-53-55-57-59-61-63-65-67-69-71-73-75-77-79-81-83-90(93)97-87-89(88-99-101(95,96)98-86-85-92)100-91(94)84-82-80-78-76-74-72-70-68-66-64-62-60-58-56-54-52-50-48-45-42-40-38-36-34-32-30-28-26-24-22-20-18-16-14-12-10-8-6-4-2/h5-8,11-14,17-20,23-26,29-32,35-38,41-43,45-47,50-53,56,58,62,64,68,70,89H,3-4,9-10,15-16,21-22,27-28,33-34,39-40,44,48-49,54-55,57,59-61,63,65-67,69,71-88,92H2,1-2H3,(H,95,96)/b7-5-,8-6-,13-11-,14-12-,19-17-,20-18-,25-23-,26-24-,31-29-,32-30-,37-35-,38-36-,43-41-,45-42-,47-46-,52-50-,53-51-,58-56-,64-62-,70-68-. The fourth-order valence-corrected chi connectivity index (χ4v) is 10.8. The van der Waals surface area contributed by atoms with Crippen molar-refractivity contribution < 1.29 is 37.6 Å². The molecule has 10 heteroatoms. The van der Waals surface area contributed by atoms with Gasteiger partial charge in [-0.3, -0.25) is 18.6 Å². The highest BCUT2D eigenvalue weighted by Gasteiger charge is 2.26. The third-order valence-corrected chi connectivity index (χ3v) is 16.7. The van der Waals surface area contributed by atoms with E-state index in [1.807, 2.05) is 0 Å². The van der Waals surface area contributed by atoms with E-state index in [0.717, 1.165) is 186 Å². The summed E-state index contributed by atoms with van der Waals surface area (Å²) < 4.78 is 33.2. The fourth-order valence-electron chi connectivity index (χ4n) is 9.99. The molecule has 3 N–H and O–H groups in total. The quantitative estimate of drug-likeness (QED) is 0.0264. The van der Waals surface area contributed by atoms with Crippen LogP contribution in [-0.4, -0.2) is 49.3 Å². The van der Waals surface area contributed by atoms with E-state index in [9.17, 15) is 19.0 Å². The molecule has 0 spiro atoms. The first kappa shape index (κ1) is 94.8. The maximum atomic E-state index is 12.8. The molecule has 0 fully saturated rings. The summed E-state index contributed by atoms with van der Waals surface area (Å²) in [4.78, 5) is 35.5. The zero-order valence-electron chi connectivity index (χ0n) is 63.5. The Balaban J connectivity index is 3.99. The van der Waals surface area contributed by atoms with E-state index in [-0.39, 0.29) is 32.6 Å². The van der Waals surface area contributed by atoms with E-state index in [4.69, 9.17) is 24.3 Å². The topological polar surface area (TPSA) is 134 Å². The highest BCUT2D eigenvalue weighted by Crippen LogP contribution is 2.43. The molecule has 101 heavy (non-hydrogen) atoms. The molecule has 9 nitrogen and oxygen atoms in total. The molecule has 0 aromatic heterocycles. The number of allylic oxidation sites excluding steroid dienone is 40. The molecule has 0 aromatic rings. The molecule has 0 radical (unpaired) electrons. The molecule has 0 aliphatic carbocycles. The van der Waals surface area contributed by atoms with Crippen molar-refractivity contribution in [3.63, 3.8) is 0 Å².